The molecule has 1 unspecified atom stereocenters. The third-order valence-electron chi connectivity index (χ3n) is 4.87. The molecule has 0 bridgehead atoms. The number of aliphatic imine (C=N–C) groups is 1. The maximum Gasteiger partial charge on any atom is 0.216 e. The molecule has 1 aromatic carbocycles. The molecule has 150 valence electrons. The average Bonchev–Trinajstić information content (AvgIpc) is 3.36. The summed E-state index contributed by atoms with van der Waals surface area (Å²) in [5.74, 6) is 1.89. The number of ketones is 1. The van der Waals surface area contributed by atoms with Crippen LogP contribution in [0.15, 0.2) is 41.4 Å². The molecule has 4 nitrogen and oxygen atoms in total. The second kappa shape index (κ2) is 10.4. The van der Waals surface area contributed by atoms with Gasteiger partial charge < -0.3 is 9.47 Å². The van der Waals surface area contributed by atoms with E-state index in [1.165, 1.54) is 4.88 Å². The predicted molar refractivity (Wildman–Crippen MR) is 115 cm³/mol. The van der Waals surface area contributed by atoms with Crippen LogP contribution in [-0.2, 0) is 4.74 Å². The van der Waals surface area contributed by atoms with Crippen LogP contribution in [0, 0.1) is 6.92 Å². The topological polar surface area (TPSA) is 47.9 Å². The highest BCUT2D eigenvalue weighted by atomic mass is 32.1. The van der Waals surface area contributed by atoms with Gasteiger partial charge in [0.1, 0.15) is 12.4 Å². The van der Waals surface area contributed by atoms with Crippen molar-refractivity contribution in [1.29, 1.82) is 0 Å². The fraction of sp³-hybridized carbons (Fsp3) is 0.478. The lowest BCUT2D eigenvalue weighted by Gasteiger charge is -2.07. The van der Waals surface area contributed by atoms with Gasteiger partial charge in [0.05, 0.1) is 17.5 Å². The summed E-state index contributed by atoms with van der Waals surface area (Å²) in [6, 6.07) is 12.2. The van der Waals surface area contributed by atoms with Crippen LogP contribution in [0.25, 0.3) is 0 Å². The Kier molecular flexibility index (Phi) is 7.66. The molecule has 0 amide bonds. The zero-order valence-corrected chi connectivity index (χ0v) is 17.6. The van der Waals surface area contributed by atoms with Gasteiger partial charge in [0.25, 0.3) is 0 Å². The average molecular weight is 400 g/mol. The van der Waals surface area contributed by atoms with Crippen LogP contribution in [0.3, 0.4) is 0 Å². The number of rotatable bonds is 11. The van der Waals surface area contributed by atoms with Crippen LogP contribution in [-0.4, -0.2) is 30.9 Å². The number of hydrogen-bond acceptors (Lipinski definition) is 5. The molecule has 1 atom stereocenters. The molecule has 5 heteroatoms. The minimum atomic E-state index is 0.274. The molecule has 0 saturated carbocycles. The molecule has 1 aliphatic rings. The van der Waals surface area contributed by atoms with E-state index in [4.69, 9.17) is 9.47 Å². The first-order chi connectivity index (χ1) is 13.7. The van der Waals surface area contributed by atoms with Crippen LogP contribution >= 0.6 is 11.3 Å². The quantitative estimate of drug-likeness (QED) is 0.353. The second-order valence-corrected chi connectivity index (χ2v) is 8.47. The number of carbonyl (C=O) groups is 1. The lowest BCUT2D eigenvalue weighted by atomic mass is 10.1. The molecule has 3 rings (SSSR count). The summed E-state index contributed by atoms with van der Waals surface area (Å²) in [6.45, 7) is 5.54. The summed E-state index contributed by atoms with van der Waals surface area (Å²) in [5.41, 5.74) is 1.01. The summed E-state index contributed by atoms with van der Waals surface area (Å²) in [6.07, 6.45) is 5.75. The number of Topliss-reactive ketones (excluding diaryl/α,β-unsaturated/α-hetero) is 1. The fourth-order valence-corrected chi connectivity index (χ4v) is 3.95. The standard InChI is InChI=1S/C23H29NO3S/c1-3-19-16-27-23(24-19)18-10-12-20(13-11-18)26-15-7-5-4-6-8-21(25)22-14-9-17(2)28-22/h9-14,19H,3-8,15-16H2,1-2H3. The van der Waals surface area contributed by atoms with Crippen LogP contribution in [0.2, 0.25) is 0 Å². The smallest absolute Gasteiger partial charge is 0.216 e. The van der Waals surface area contributed by atoms with Gasteiger partial charge in [0.2, 0.25) is 5.90 Å². The number of unbranched alkanes of at least 4 members (excludes halogenated alkanes) is 3. The highest BCUT2D eigenvalue weighted by molar-refractivity contribution is 7.14. The highest BCUT2D eigenvalue weighted by Gasteiger charge is 2.18. The van der Waals surface area contributed by atoms with Gasteiger partial charge in [-0.05, 0) is 62.6 Å². The molecule has 0 spiro atoms. The Bertz CT molecular complexity index is 794. The van der Waals surface area contributed by atoms with Gasteiger partial charge in [0.15, 0.2) is 5.78 Å². The van der Waals surface area contributed by atoms with E-state index < -0.39 is 0 Å². The van der Waals surface area contributed by atoms with E-state index in [0.717, 1.165) is 54.2 Å². The predicted octanol–water partition coefficient (Wildman–Crippen LogP) is 5.82. The van der Waals surface area contributed by atoms with Crippen molar-refractivity contribution in [3.63, 3.8) is 0 Å². The Morgan fingerprint density at radius 2 is 1.93 bits per heavy atom. The number of ether oxygens (including phenoxy) is 2. The molecule has 0 radical (unpaired) electrons. The number of nitrogens with zero attached hydrogens (tertiary/aromatic N) is 1. The van der Waals surface area contributed by atoms with E-state index in [2.05, 4.69) is 11.9 Å². The van der Waals surface area contributed by atoms with Crippen molar-refractivity contribution in [3.05, 3.63) is 51.7 Å². The van der Waals surface area contributed by atoms with E-state index in [1.54, 1.807) is 11.3 Å². The Labute approximate surface area is 171 Å². The van der Waals surface area contributed by atoms with E-state index >= 15 is 0 Å². The van der Waals surface area contributed by atoms with Crippen LogP contribution in [0.4, 0.5) is 0 Å². The zero-order chi connectivity index (χ0) is 19.8. The molecule has 2 heterocycles. The first-order valence-corrected chi connectivity index (χ1v) is 11.0. The maximum absolute atomic E-state index is 12.1. The molecular weight excluding hydrogens is 370 g/mol. The van der Waals surface area contributed by atoms with Crippen molar-refractivity contribution < 1.29 is 14.3 Å². The normalized spacial score (nSPS) is 15.9. The van der Waals surface area contributed by atoms with Crippen LogP contribution < -0.4 is 4.74 Å². The number of thiophene rings is 1. The molecule has 0 fully saturated rings. The summed E-state index contributed by atoms with van der Waals surface area (Å²) < 4.78 is 11.5. The maximum atomic E-state index is 12.1. The van der Waals surface area contributed by atoms with Crippen molar-refractivity contribution >= 4 is 23.0 Å². The molecular formula is C23H29NO3S. The zero-order valence-electron chi connectivity index (χ0n) is 16.8. The van der Waals surface area contributed by atoms with Gasteiger partial charge in [-0.1, -0.05) is 19.8 Å². The molecule has 1 aliphatic heterocycles. The van der Waals surface area contributed by atoms with Crippen molar-refractivity contribution in [2.24, 2.45) is 4.99 Å². The van der Waals surface area contributed by atoms with Crippen molar-refractivity contribution in [3.8, 4) is 5.75 Å². The van der Waals surface area contributed by atoms with Gasteiger partial charge in [-0.2, -0.15) is 0 Å². The van der Waals surface area contributed by atoms with Gasteiger partial charge in [0, 0.05) is 16.9 Å². The summed E-state index contributed by atoms with van der Waals surface area (Å²) >= 11 is 1.59. The number of hydrogen-bond donors (Lipinski definition) is 0. The van der Waals surface area contributed by atoms with Crippen molar-refractivity contribution in [2.75, 3.05) is 13.2 Å². The first-order valence-electron chi connectivity index (χ1n) is 10.2. The first kappa shape index (κ1) is 20.6. The highest BCUT2D eigenvalue weighted by Crippen LogP contribution is 2.19. The largest absolute Gasteiger partial charge is 0.494 e. The molecule has 1 aromatic heterocycles. The summed E-state index contributed by atoms with van der Waals surface area (Å²) in [5, 5.41) is 0. The fourth-order valence-electron chi connectivity index (χ4n) is 3.12. The number of aryl methyl sites for hydroxylation is 1. The Hall–Kier alpha value is -2.14. The minimum Gasteiger partial charge on any atom is -0.494 e. The molecule has 0 saturated heterocycles. The van der Waals surface area contributed by atoms with Crippen molar-refractivity contribution in [2.45, 2.75) is 58.4 Å². The molecule has 0 aliphatic carbocycles. The molecule has 0 N–H and O–H groups in total. The molecule has 28 heavy (non-hydrogen) atoms. The second-order valence-electron chi connectivity index (χ2n) is 7.18. The Morgan fingerprint density at radius 1 is 1.14 bits per heavy atom. The summed E-state index contributed by atoms with van der Waals surface area (Å²) in [4.78, 5) is 18.7. The van der Waals surface area contributed by atoms with Gasteiger partial charge in [-0.3, -0.25) is 4.79 Å². The molecule has 2 aromatic rings. The Morgan fingerprint density at radius 3 is 2.61 bits per heavy atom. The van der Waals surface area contributed by atoms with E-state index in [1.807, 2.05) is 43.3 Å². The lowest BCUT2D eigenvalue weighted by molar-refractivity contribution is 0.0983. The number of benzene rings is 1. The van der Waals surface area contributed by atoms with Crippen LogP contribution in [0.5, 0.6) is 5.75 Å². The SMILES string of the molecule is CCC1COC(c2ccc(OCCCCCCC(=O)c3ccc(C)s3)cc2)=N1. The third kappa shape index (κ3) is 5.93. The van der Waals surface area contributed by atoms with E-state index in [-0.39, 0.29) is 11.8 Å². The van der Waals surface area contributed by atoms with Gasteiger partial charge in [-0.25, -0.2) is 4.99 Å². The van der Waals surface area contributed by atoms with Crippen LogP contribution in [0.1, 0.15) is 65.6 Å². The van der Waals surface area contributed by atoms with E-state index in [0.29, 0.717) is 19.6 Å². The van der Waals surface area contributed by atoms with Gasteiger partial charge in [-0.15, -0.1) is 11.3 Å². The van der Waals surface area contributed by atoms with Gasteiger partial charge >= 0.3 is 0 Å². The Balaban J connectivity index is 1.29. The number of carbonyl (C=O) groups excluding carboxylic acids is 1. The minimum absolute atomic E-state index is 0.274. The van der Waals surface area contributed by atoms with Crippen molar-refractivity contribution in [1.82, 2.24) is 0 Å². The third-order valence-corrected chi connectivity index (χ3v) is 5.91. The monoisotopic (exact) mass is 399 g/mol. The van der Waals surface area contributed by atoms with E-state index in [9.17, 15) is 4.79 Å². The lowest BCUT2D eigenvalue weighted by Crippen LogP contribution is -2.04. The summed E-state index contributed by atoms with van der Waals surface area (Å²) in [7, 11) is 0.